The number of hydrogen-bond donors (Lipinski definition) is 1. The molecule has 186 valence electrons. The molecule has 1 aliphatic rings. The first-order chi connectivity index (χ1) is 17.7. The number of hydrogen-bond acceptors (Lipinski definition) is 7. The van der Waals surface area contributed by atoms with Crippen molar-refractivity contribution >= 4 is 28.3 Å². The van der Waals surface area contributed by atoms with Gasteiger partial charge in [0.25, 0.3) is 0 Å². The van der Waals surface area contributed by atoms with E-state index in [1.165, 1.54) is 30.5 Å². The minimum absolute atomic E-state index is 0.317. The number of piperazine rings is 1. The number of aryl methyl sites for hydroxylation is 1. The van der Waals surface area contributed by atoms with E-state index in [1.807, 2.05) is 18.2 Å². The molecule has 6 rings (SSSR count). The zero-order chi connectivity index (χ0) is 24.5. The van der Waals surface area contributed by atoms with Gasteiger partial charge in [0.1, 0.15) is 5.65 Å². The molecule has 0 saturated carbocycles. The topological polar surface area (TPSA) is 93.7 Å². The fraction of sp³-hybridized carbons (Fsp3) is 0.370. The largest absolute Gasteiger partial charge is 0.461 e. The summed E-state index contributed by atoms with van der Waals surface area (Å²) in [5.74, 6) is 1.43. The van der Waals surface area contributed by atoms with Gasteiger partial charge in [-0.2, -0.15) is 9.50 Å². The molecule has 9 heteroatoms. The maximum atomic E-state index is 6.25. The van der Waals surface area contributed by atoms with Gasteiger partial charge in [0.15, 0.2) is 11.4 Å². The monoisotopic (exact) mass is 484 g/mol. The third-order valence-electron chi connectivity index (χ3n) is 7.11. The Morgan fingerprint density at radius 1 is 0.944 bits per heavy atom. The van der Waals surface area contributed by atoms with Crippen molar-refractivity contribution in [2.24, 2.45) is 0 Å². The van der Waals surface area contributed by atoms with Crippen LogP contribution in [0.25, 0.3) is 28.3 Å². The molecule has 1 aromatic carbocycles. The van der Waals surface area contributed by atoms with Crippen LogP contribution >= 0.6 is 0 Å². The summed E-state index contributed by atoms with van der Waals surface area (Å²) >= 11 is 0. The van der Waals surface area contributed by atoms with Gasteiger partial charge < -0.3 is 19.6 Å². The lowest BCUT2D eigenvalue weighted by Gasteiger charge is -2.36. The van der Waals surface area contributed by atoms with E-state index in [4.69, 9.17) is 10.2 Å². The molecule has 5 aromatic rings. The molecular formula is C27H32N8O. The van der Waals surface area contributed by atoms with Crippen LogP contribution in [0.3, 0.4) is 0 Å². The molecule has 0 radical (unpaired) electrons. The molecule has 0 amide bonds. The van der Waals surface area contributed by atoms with Gasteiger partial charge in [-0.1, -0.05) is 25.5 Å². The van der Waals surface area contributed by atoms with Crippen LogP contribution in [0, 0.1) is 0 Å². The number of benzene rings is 1. The van der Waals surface area contributed by atoms with Gasteiger partial charge in [0.05, 0.1) is 11.6 Å². The molecule has 1 aliphatic heterocycles. The van der Waals surface area contributed by atoms with Crippen LogP contribution in [0.1, 0.15) is 25.3 Å². The molecule has 0 spiro atoms. The molecule has 36 heavy (non-hydrogen) atoms. The van der Waals surface area contributed by atoms with Crippen molar-refractivity contribution in [3.05, 3.63) is 60.5 Å². The van der Waals surface area contributed by atoms with E-state index in [0.29, 0.717) is 23.2 Å². The summed E-state index contributed by atoms with van der Waals surface area (Å²) in [5, 5.41) is 5.42. The predicted molar refractivity (Wildman–Crippen MR) is 142 cm³/mol. The Kier molecular flexibility index (Phi) is 6.06. The fourth-order valence-corrected chi connectivity index (χ4v) is 4.99. The number of fused-ring (bicyclic) bond motifs is 3. The number of nitrogen functional groups attached to an aromatic ring is 1. The third kappa shape index (κ3) is 4.30. The molecule has 0 unspecified atom stereocenters. The Labute approximate surface area is 210 Å². The standard InChI is InChI=1S/C27H32N8O/c1-2-3-5-20-7-9-21(10-8-20)33-16-13-32(14-17-33)15-18-34-12-11-22-25(34)30-27(28)35-26(22)29-24(31-35)23-6-4-19-36-23/h4,6-12,19H,2-3,5,13-18H2,1H3,(H2,28,30). The maximum Gasteiger partial charge on any atom is 0.225 e. The summed E-state index contributed by atoms with van der Waals surface area (Å²) < 4.78 is 9.20. The van der Waals surface area contributed by atoms with E-state index < -0.39 is 0 Å². The number of rotatable bonds is 8. The molecule has 0 atom stereocenters. The van der Waals surface area contributed by atoms with Crippen molar-refractivity contribution < 1.29 is 4.42 Å². The van der Waals surface area contributed by atoms with Gasteiger partial charge in [-0.15, -0.1) is 5.10 Å². The lowest BCUT2D eigenvalue weighted by atomic mass is 10.1. The van der Waals surface area contributed by atoms with E-state index in [1.54, 1.807) is 10.8 Å². The minimum atomic E-state index is 0.317. The predicted octanol–water partition coefficient (Wildman–Crippen LogP) is 4.09. The second-order valence-electron chi connectivity index (χ2n) is 9.46. The summed E-state index contributed by atoms with van der Waals surface area (Å²) in [7, 11) is 0. The van der Waals surface area contributed by atoms with Crippen LogP contribution in [0.4, 0.5) is 11.6 Å². The van der Waals surface area contributed by atoms with Gasteiger partial charge in [-0.05, 0) is 48.7 Å². The van der Waals surface area contributed by atoms with E-state index >= 15 is 0 Å². The number of nitrogens with two attached hydrogens (primary N) is 1. The Hall–Kier alpha value is -3.85. The van der Waals surface area contributed by atoms with E-state index in [2.05, 4.69) is 66.8 Å². The quantitative estimate of drug-likeness (QED) is 0.355. The molecule has 9 nitrogen and oxygen atoms in total. The molecule has 1 fully saturated rings. The summed E-state index contributed by atoms with van der Waals surface area (Å²) in [6.45, 7) is 8.24. The minimum Gasteiger partial charge on any atom is -0.461 e. The van der Waals surface area contributed by atoms with Gasteiger partial charge in [0.2, 0.25) is 11.8 Å². The average molecular weight is 485 g/mol. The van der Waals surface area contributed by atoms with Gasteiger partial charge in [0, 0.05) is 51.2 Å². The Bertz CT molecular complexity index is 1440. The lowest BCUT2D eigenvalue weighted by molar-refractivity contribution is 0.249. The summed E-state index contributed by atoms with van der Waals surface area (Å²) in [6, 6.07) is 14.8. The molecule has 1 saturated heterocycles. The van der Waals surface area contributed by atoms with E-state index in [9.17, 15) is 0 Å². The van der Waals surface area contributed by atoms with Gasteiger partial charge in [-0.3, -0.25) is 4.90 Å². The smallest absolute Gasteiger partial charge is 0.225 e. The maximum absolute atomic E-state index is 6.25. The van der Waals surface area contributed by atoms with Gasteiger partial charge in [-0.25, -0.2) is 4.98 Å². The fourth-order valence-electron chi connectivity index (χ4n) is 4.99. The highest BCUT2D eigenvalue weighted by Gasteiger charge is 2.19. The van der Waals surface area contributed by atoms with Crippen LogP contribution in [0.5, 0.6) is 0 Å². The van der Waals surface area contributed by atoms with Gasteiger partial charge >= 0.3 is 0 Å². The first kappa shape index (κ1) is 22.6. The zero-order valence-corrected chi connectivity index (χ0v) is 20.7. The second kappa shape index (κ2) is 9.66. The highest BCUT2D eigenvalue weighted by atomic mass is 16.3. The van der Waals surface area contributed by atoms with Crippen molar-refractivity contribution in [2.75, 3.05) is 43.4 Å². The molecule has 0 bridgehead atoms. The SMILES string of the molecule is CCCCc1ccc(N2CCN(CCn3ccc4c3nc(N)n3nc(-c5ccco5)nc43)CC2)cc1. The summed E-state index contributed by atoms with van der Waals surface area (Å²) in [6.07, 6.45) is 7.34. The Morgan fingerprint density at radius 3 is 2.53 bits per heavy atom. The average Bonchev–Trinajstić information content (AvgIpc) is 3.67. The van der Waals surface area contributed by atoms with Crippen LogP contribution in [-0.2, 0) is 13.0 Å². The van der Waals surface area contributed by atoms with Crippen molar-refractivity contribution in [2.45, 2.75) is 32.7 Å². The molecule has 0 aliphatic carbocycles. The Morgan fingerprint density at radius 2 is 1.78 bits per heavy atom. The number of nitrogens with zero attached hydrogens (tertiary/aromatic N) is 7. The first-order valence-corrected chi connectivity index (χ1v) is 12.8. The van der Waals surface area contributed by atoms with E-state index in [0.717, 1.165) is 50.3 Å². The number of anilines is 2. The second-order valence-corrected chi connectivity index (χ2v) is 9.46. The highest BCUT2D eigenvalue weighted by Crippen LogP contribution is 2.25. The third-order valence-corrected chi connectivity index (χ3v) is 7.11. The number of unbranched alkanes of at least 4 members (excludes halogenated alkanes) is 1. The molecule has 2 N–H and O–H groups in total. The van der Waals surface area contributed by atoms with Crippen LogP contribution < -0.4 is 10.6 Å². The Balaban J connectivity index is 1.11. The molecule has 4 aromatic heterocycles. The molecule has 5 heterocycles. The lowest BCUT2D eigenvalue weighted by Crippen LogP contribution is -2.47. The van der Waals surface area contributed by atoms with Crippen LogP contribution in [0.2, 0.25) is 0 Å². The highest BCUT2D eigenvalue weighted by molar-refractivity contribution is 5.91. The zero-order valence-electron chi connectivity index (χ0n) is 20.7. The molecular weight excluding hydrogens is 452 g/mol. The van der Waals surface area contributed by atoms with Crippen LogP contribution in [-0.4, -0.2) is 61.8 Å². The van der Waals surface area contributed by atoms with Crippen molar-refractivity contribution in [3.8, 4) is 11.6 Å². The van der Waals surface area contributed by atoms with Crippen LogP contribution in [0.15, 0.2) is 59.3 Å². The van der Waals surface area contributed by atoms with Crippen molar-refractivity contribution in [3.63, 3.8) is 0 Å². The van der Waals surface area contributed by atoms with E-state index in [-0.39, 0.29) is 0 Å². The van der Waals surface area contributed by atoms with Crippen molar-refractivity contribution in [1.29, 1.82) is 0 Å². The summed E-state index contributed by atoms with van der Waals surface area (Å²) in [4.78, 5) is 14.3. The normalized spacial score (nSPS) is 14.9. The number of furan rings is 1. The number of aromatic nitrogens is 5. The van der Waals surface area contributed by atoms with Crippen molar-refractivity contribution in [1.82, 2.24) is 29.0 Å². The first-order valence-electron chi connectivity index (χ1n) is 12.8. The summed E-state index contributed by atoms with van der Waals surface area (Å²) in [5.41, 5.74) is 10.5.